The topological polar surface area (TPSA) is 81.2 Å². The van der Waals surface area contributed by atoms with Crippen LogP contribution in [0.1, 0.15) is 12.6 Å². The molecule has 6 nitrogen and oxygen atoms in total. The first-order chi connectivity index (χ1) is 8.56. The van der Waals surface area contributed by atoms with E-state index >= 15 is 0 Å². The Hall–Kier alpha value is -2.37. The van der Waals surface area contributed by atoms with E-state index in [1.165, 1.54) is 6.07 Å². The fourth-order valence-electron chi connectivity index (χ4n) is 1.92. The van der Waals surface area contributed by atoms with Gasteiger partial charge in [-0.05, 0) is 26.0 Å². The standard InChI is InChI=1S/C12H13N3O3/c1-3-14-8(2)12(15(17)18)11(13-14)9-6-4-5-7-10(9)16/h4-7,16H,3H2,1-2H3. The zero-order valence-electron chi connectivity index (χ0n) is 10.1. The third-order valence-electron chi connectivity index (χ3n) is 2.82. The Labute approximate surface area is 104 Å². The predicted molar refractivity (Wildman–Crippen MR) is 66.4 cm³/mol. The van der Waals surface area contributed by atoms with Crippen LogP contribution in [0.4, 0.5) is 5.69 Å². The van der Waals surface area contributed by atoms with Crippen LogP contribution in [-0.2, 0) is 6.54 Å². The van der Waals surface area contributed by atoms with Crippen molar-refractivity contribution < 1.29 is 10.0 Å². The van der Waals surface area contributed by atoms with Crippen LogP contribution in [0.2, 0.25) is 0 Å². The summed E-state index contributed by atoms with van der Waals surface area (Å²) in [5.41, 5.74) is 1.01. The van der Waals surface area contributed by atoms with Crippen LogP contribution in [0.25, 0.3) is 11.3 Å². The summed E-state index contributed by atoms with van der Waals surface area (Å²) in [4.78, 5) is 10.7. The summed E-state index contributed by atoms with van der Waals surface area (Å²) < 4.78 is 1.56. The quantitative estimate of drug-likeness (QED) is 0.667. The second-order valence-electron chi connectivity index (χ2n) is 3.87. The Bertz CT molecular complexity index is 605. The molecule has 0 unspecified atom stereocenters. The zero-order valence-corrected chi connectivity index (χ0v) is 10.1. The Balaban J connectivity index is 2.72. The molecule has 94 valence electrons. The highest BCUT2D eigenvalue weighted by atomic mass is 16.6. The summed E-state index contributed by atoms with van der Waals surface area (Å²) in [5, 5.41) is 25.1. The fourth-order valence-corrected chi connectivity index (χ4v) is 1.92. The Morgan fingerprint density at radius 2 is 2.11 bits per heavy atom. The molecule has 1 aromatic carbocycles. The number of aryl methyl sites for hydroxylation is 1. The second-order valence-corrected chi connectivity index (χ2v) is 3.87. The molecule has 1 heterocycles. The van der Waals surface area contributed by atoms with E-state index in [-0.39, 0.29) is 17.1 Å². The molecule has 0 aliphatic carbocycles. The number of hydrogen-bond acceptors (Lipinski definition) is 4. The molecule has 0 fully saturated rings. The van der Waals surface area contributed by atoms with Crippen molar-refractivity contribution in [3.63, 3.8) is 0 Å². The molecule has 1 aromatic heterocycles. The van der Waals surface area contributed by atoms with Crippen molar-refractivity contribution in [2.24, 2.45) is 0 Å². The van der Waals surface area contributed by atoms with Gasteiger partial charge in [-0.1, -0.05) is 12.1 Å². The third kappa shape index (κ3) is 1.81. The molecule has 2 rings (SSSR count). The molecular weight excluding hydrogens is 234 g/mol. The number of benzene rings is 1. The second kappa shape index (κ2) is 4.48. The molecular formula is C12H13N3O3. The number of phenols is 1. The SMILES string of the molecule is CCn1nc(-c2ccccc2O)c([N+](=O)[O-])c1C. The van der Waals surface area contributed by atoms with E-state index in [1.807, 2.05) is 6.92 Å². The van der Waals surface area contributed by atoms with E-state index in [0.29, 0.717) is 17.8 Å². The summed E-state index contributed by atoms with van der Waals surface area (Å²) in [7, 11) is 0. The van der Waals surface area contributed by atoms with Crippen LogP contribution in [0.5, 0.6) is 5.75 Å². The van der Waals surface area contributed by atoms with Gasteiger partial charge in [0.25, 0.3) is 0 Å². The van der Waals surface area contributed by atoms with Gasteiger partial charge in [0.1, 0.15) is 11.4 Å². The van der Waals surface area contributed by atoms with Gasteiger partial charge in [-0.3, -0.25) is 14.8 Å². The number of para-hydroxylation sites is 1. The van der Waals surface area contributed by atoms with E-state index in [9.17, 15) is 15.2 Å². The lowest BCUT2D eigenvalue weighted by atomic mass is 10.1. The van der Waals surface area contributed by atoms with Crippen molar-refractivity contribution in [1.29, 1.82) is 0 Å². The minimum Gasteiger partial charge on any atom is -0.507 e. The monoisotopic (exact) mass is 247 g/mol. The highest BCUT2D eigenvalue weighted by molar-refractivity contribution is 5.75. The molecule has 1 N–H and O–H groups in total. The van der Waals surface area contributed by atoms with Gasteiger partial charge in [-0.2, -0.15) is 5.10 Å². The smallest absolute Gasteiger partial charge is 0.317 e. The molecule has 0 bridgehead atoms. The average Bonchev–Trinajstić information content (AvgIpc) is 2.66. The van der Waals surface area contributed by atoms with Gasteiger partial charge in [-0.15, -0.1) is 0 Å². The van der Waals surface area contributed by atoms with Gasteiger partial charge in [0, 0.05) is 6.54 Å². The third-order valence-corrected chi connectivity index (χ3v) is 2.82. The summed E-state index contributed by atoms with van der Waals surface area (Å²) >= 11 is 0. The molecule has 0 saturated carbocycles. The van der Waals surface area contributed by atoms with Crippen molar-refractivity contribution in [3.05, 3.63) is 40.1 Å². The Kier molecular flexibility index (Phi) is 3.01. The molecule has 2 aromatic rings. The largest absolute Gasteiger partial charge is 0.507 e. The minimum absolute atomic E-state index is 0.0126. The van der Waals surface area contributed by atoms with Gasteiger partial charge in [0.2, 0.25) is 0 Å². The lowest BCUT2D eigenvalue weighted by molar-refractivity contribution is -0.384. The van der Waals surface area contributed by atoms with Gasteiger partial charge in [-0.25, -0.2) is 0 Å². The van der Waals surface area contributed by atoms with E-state index < -0.39 is 4.92 Å². The number of nitro groups is 1. The molecule has 0 aliphatic rings. The molecule has 0 radical (unpaired) electrons. The lowest BCUT2D eigenvalue weighted by Gasteiger charge is -1.99. The normalized spacial score (nSPS) is 10.6. The average molecular weight is 247 g/mol. The van der Waals surface area contributed by atoms with Crippen LogP contribution >= 0.6 is 0 Å². The van der Waals surface area contributed by atoms with Gasteiger partial charge < -0.3 is 5.11 Å². The molecule has 0 amide bonds. The number of aromatic hydroxyl groups is 1. The molecule has 0 atom stereocenters. The van der Waals surface area contributed by atoms with E-state index in [1.54, 1.807) is 29.8 Å². The Morgan fingerprint density at radius 1 is 1.44 bits per heavy atom. The summed E-state index contributed by atoms with van der Waals surface area (Å²) in [5.74, 6) is -0.0126. The first-order valence-electron chi connectivity index (χ1n) is 5.56. The highest BCUT2D eigenvalue weighted by Gasteiger charge is 2.26. The van der Waals surface area contributed by atoms with Crippen molar-refractivity contribution in [2.75, 3.05) is 0 Å². The molecule has 0 aliphatic heterocycles. The number of phenolic OH excluding ortho intramolecular Hbond substituents is 1. The Morgan fingerprint density at radius 3 is 2.67 bits per heavy atom. The van der Waals surface area contributed by atoms with Crippen molar-refractivity contribution in [3.8, 4) is 17.0 Å². The highest BCUT2D eigenvalue weighted by Crippen LogP contribution is 2.36. The first-order valence-corrected chi connectivity index (χ1v) is 5.56. The van der Waals surface area contributed by atoms with Crippen LogP contribution in [0, 0.1) is 17.0 Å². The van der Waals surface area contributed by atoms with Crippen LogP contribution < -0.4 is 0 Å². The van der Waals surface area contributed by atoms with Crippen molar-refractivity contribution >= 4 is 5.69 Å². The predicted octanol–water partition coefficient (Wildman–Crippen LogP) is 2.49. The molecule has 18 heavy (non-hydrogen) atoms. The first kappa shape index (κ1) is 12.1. The van der Waals surface area contributed by atoms with Crippen LogP contribution in [0.3, 0.4) is 0 Å². The molecule has 0 spiro atoms. The fraction of sp³-hybridized carbons (Fsp3) is 0.250. The lowest BCUT2D eigenvalue weighted by Crippen LogP contribution is -1.99. The summed E-state index contributed by atoms with van der Waals surface area (Å²) in [6, 6.07) is 6.47. The molecule has 6 heteroatoms. The summed E-state index contributed by atoms with van der Waals surface area (Å²) in [6.45, 7) is 4.05. The number of aromatic nitrogens is 2. The van der Waals surface area contributed by atoms with Crippen molar-refractivity contribution in [1.82, 2.24) is 9.78 Å². The number of nitrogens with zero attached hydrogens (tertiary/aromatic N) is 3. The maximum absolute atomic E-state index is 11.1. The van der Waals surface area contributed by atoms with Gasteiger partial charge in [0.05, 0.1) is 10.5 Å². The number of rotatable bonds is 3. The number of hydrogen-bond donors (Lipinski definition) is 1. The van der Waals surface area contributed by atoms with Crippen LogP contribution in [-0.4, -0.2) is 19.8 Å². The van der Waals surface area contributed by atoms with Crippen molar-refractivity contribution in [2.45, 2.75) is 20.4 Å². The summed E-state index contributed by atoms with van der Waals surface area (Å²) in [6.07, 6.45) is 0. The van der Waals surface area contributed by atoms with Gasteiger partial charge in [0.15, 0.2) is 5.69 Å². The van der Waals surface area contributed by atoms with E-state index in [0.717, 1.165) is 0 Å². The van der Waals surface area contributed by atoms with E-state index in [2.05, 4.69) is 5.10 Å². The maximum atomic E-state index is 11.1. The van der Waals surface area contributed by atoms with Gasteiger partial charge >= 0.3 is 5.69 Å². The van der Waals surface area contributed by atoms with E-state index in [4.69, 9.17) is 0 Å². The molecule has 0 saturated heterocycles. The maximum Gasteiger partial charge on any atom is 0.317 e. The zero-order chi connectivity index (χ0) is 13.3. The minimum atomic E-state index is -0.462. The van der Waals surface area contributed by atoms with Crippen LogP contribution in [0.15, 0.2) is 24.3 Å².